The molecule has 122 valence electrons. The molecule has 1 nitrogen and oxygen atoms in total. The molecule has 0 aromatic heterocycles. The minimum absolute atomic E-state index is 0.403. The maximum Gasteiger partial charge on any atom is 0.0904 e. The molecule has 0 N–H and O–H groups in total. The number of hydrogen-bond acceptors (Lipinski definition) is 1. The second-order valence-corrected chi connectivity index (χ2v) is 10.7. The molecule has 0 rings (SSSR count). The number of hydrogen-bond donors (Lipinski definition) is 0. The van der Waals surface area contributed by atoms with Crippen LogP contribution in [0.25, 0.3) is 0 Å². The molecule has 2 heteroatoms. The van der Waals surface area contributed by atoms with Crippen molar-refractivity contribution in [3.63, 3.8) is 0 Å². The average Bonchev–Trinajstić information content (AvgIpc) is 2.41. The van der Waals surface area contributed by atoms with Gasteiger partial charge in [-0.2, -0.15) is 0 Å². The Labute approximate surface area is 128 Å². The quantitative estimate of drug-likeness (QED) is 0.282. The topological polar surface area (TPSA) is 17.1 Å². The van der Waals surface area contributed by atoms with Crippen molar-refractivity contribution in [2.45, 2.75) is 104 Å². The standard InChI is InChI=1S/C18H39OP/c1-7-10-11-12-14-18(13-8-2)20(6,19)17(5)15-16(4)9-3/h16-18H,7-15H2,1-6H3. The summed E-state index contributed by atoms with van der Waals surface area (Å²) in [6.07, 6.45) is 11.1. The van der Waals surface area contributed by atoms with Crippen LogP contribution in [-0.2, 0) is 4.57 Å². The Morgan fingerprint density at radius 1 is 0.900 bits per heavy atom. The van der Waals surface area contributed by atoms with Gasteiger partial charge in [0.05, 0.1) is 7.14 Å². The Balaban J connectivity index is 4.55. The van der Waals surface area contributed by atoms with Crippen LogP contribution in [0.5, 0.6) is 0 Å². The third-order valence-electron chi connectivity index (χ3n) is 5.05. The Kier molecular flexibility index (Phi) is 11.0. The Morgan fingerprint density at radius 3 is 2.05 bits per heavy atom. The van der Waals surface area contributed by atoms with Crippen LogP contribution in [0.4, 0.5) is 0 Å². The van der Waals surface area contributed by atoms with Gasteiger partial charge in [-0.15, -0.1) is 0 Å². The van der Waals surface area contributed by atoms with Gasteiger partial charge in [-0.1, -0.05) is 73.1 Å². The normalized spacial score (nSPS) is 19.3. The molecular weight excluding hydrogens is 263 g/mol. The zero-order chi connectivity index (χ0) is 15.6. The van der Waals surface area contributed by atoms with Gasteiger partial charge in [0.15, 0.2) is 0 Å². The average molecular weight is 302 g/mol. The lowest BCUT2D eigenvalue weighted by atomic mass is 10.0. The fraction of sp³-hybridized carbons (Fsp3) is 1.00. The van der Waals surface area contributed by atoms with Crippen molar-refractivity contribution in [2.75, 3.05) is 6.66 Å². The molecule has 4 unspecified atom stereocenters. The number of rotatable bonds is 12. The van der Waals surface area contributed by atoms with Gasteiger partial charge in [-0.25, -0.2) is 0 Å². The maximum absolute atomic E-state index is 13.3. The van der Waals surface area contributed by atoms with Gasteiger partial charge in [0.1, 0.15) is 0 Å². The van der Waals surface area contributed by atoms with Crippen LogP contribution in [0, 0.1) is 5.92 Å². The SMILES string of the molecule is CCCCCCC(CCC)P(C)(=O)C(C)CC(C)CC. The zero-order valence-electron chi connectivity index (χ0n) is 15.0. The second-order valence-electron chi connectivity index (χ2n) is 6.95. The molecule has 0 aliphatic heterocycles. The highest BCUT2D eigenvalue weighted by atomic mass is 31.2. The second kappa shape index (κ2) is 10.9. The molecular formula is C18H39OP. The molecule has 0 aromatic rings. The van der Waals surface area contributed by atoms with Gasteiger partial charge < -0.3 is 4.57 Å². The van der Waals surface area contributed by atoms with E-state index in [9.17, 15) is 4.57 Å². The number of unbranched alkanes of at least 4 members (excludes halogenated alkanes) is 3. The van der Waals surface area contributed by atoms with Crippen molar-refractivity contribution in [3.05, 3.63) is 0 Å². The van der Waals surface area contributed by atoms with Crippen molar-refractivity contribution in [1.29, 1.82) is 0 Å². The summed E-state index contributed by atoms with van der Waals surface area (Å²) in [5.41, 5.74) is 0.878. The first-order valence-corrected chi connectivity index (χ1v) is 11.3. The first-order valence-electron chi connectivity index (χ1n) is 8.96. The summed E-state index contributed by atoms with van der Waals surface area (Å²) in [6.45, 7) is 13.4. The first kappa shape index (κ1) is 20.2. The van der Waals surface area contributed by atoms with E-state index in [0.717, 1.165) is 12.8 Å². The lowest BCUT2D eigenvalue weighted by molar-refractivity contribution is 0.482. The lowest BCUT2D eigenvalue weighted by Gasteiger charge is -2.31. The van der Waals surface area contributed by atoms with Gasteiger partial charge in [0.2, 0.25) is 0 Å². The fourth-order valence-electron chi connectivity index (χ4n) is 3.12. The minimum Gasteiger partial charge on any atom is -0.323 e. The van der Waals surface area contributed by atoms with Gasteiger partial charge in [0.25, 0.3) is 0 Å². The third-order valence-corrected chi connectivity index (χ3v) is 8.98. The largest absolute Gasteiger partial charge is 0.323 e. The summed E-state index contributed by atoms with van der Waals surface area (Å²) in [6, 6.07) is 0. The van der Waals surface area contributed by atoms with E-state index >= 15 is 0 Å². The van der Waals surface area contributed by atoms with E-state index in [4.69, 9.17) is 0 Å². The molecule has 0 radical (unpaired) electrons. The molecule has 0 saturated heterocycles. The van der Waals surface area contributed by atoms with Gasteiger partial charge in [-0.05, 0) is 31.8 Å². The summed E-state index contributed by atoms with van der Waals surface area (Å²) < 4.78 is 13.3. The monoisotopic (exact) mass is 302 g/mol. The Hall–Kier alpha value is 0.230. The first-order chi connectivity index (χ1) is 9.39. The van der Waals surface area contributed by atoms with Crippen LogP contribution in [0.15, 0.2) is 0 Å². The van der Waals surface area contributed by atoms with Crippen LogP contribution in [0.1, 0.15) is 92.4 Å². The highest BCUT2D eigenvalue weighted by Gasteiger charge is 2.32. The molecule has 20 heavy (non-hydrogen) atoms. The molecule has 0 saturated carbocycles. The molecule has 0 aliphatic rings. The molecule has 0 spiro atoms. The summed E-state index contributed by atoms with van der Waals surface area (Å²) in [5, 5.41) is 0. The van der Waals surface area contributed by atoms with Crippen molar-refractivity contribution in [2.24, 2.45) is 5.92 Å². The van der Waals surface area contributed by atoms with Crippen LogP contribution in [0.2, 0.25) is 0 Å². The van der Waals surface area contributed by atoms with Gasteiger partial charge in [0, 0.05) is 11.3 Å². The Morgan fingerprint density at radius 2 is 1.55 bits per heavy atom. The maximum atomic E-state index is 13.3. The molecule has 0 fully saturated rings. The van der Waals surface area contributed by atoms with Crippen molar-refractivity contribution >= 4 is 7.14 Å². The van der Waals surface area contributed by atoms with E-state index in [1.807, 2.05) is 0 Å². The van der Waals surface area contributed by atoms with Crippen molar-refractivity contribution < 1.29 is 4.57 Å². The predicted octanol–water partition coefficient (Wildman–Crippen LogP) is 6.94. The van der Waals surface area contributed by atoms with Gasteiger partial charge >= 0.3 is 0 Å². The molecule has 4 atom stereocenters. The third kappa shape index (κ3) is 7.30. The van der Waals surface area contributed by atoms with Crippen LogP contribution >= 0.6 is 7.14 Å². The highest BCUT2D eigenvalue weighted by Crippen LogP contribution is 2.56. The fourth-order valence-corrected chi connectivity index (χ4v) is 6.08. The summed E-state index contributed by atoms with van der Waals surface area (Å²) in [4.78, 5) is 0. The summed E-state index contributed by atoms with van der Waals surface area (Å²) >= 11 is 0. The predicted molar refractivity (Wildman–Crippen MR) is 94.5 cm³/mol. The van der Waals surface area contributed by atoms with E-state index < -0.39 is 7.14 Å². The highest BCUT2D eigenvalue weighted by molar-refractivity contribution is 7.64. The summed E-state index contributed by atoms with van der Waals surface area (Å²) in [7, 11) is -2.03. The van der Waals surface area contributed by atoms with Crippen LogP contribution in [-0.4, -0.2) is 18.0 Å². The van der Waals surface area contributed by atoms with Crippen molar-refractivity contribution in [1.82, 2.24) is 0 Å². The minimum atomic E-state index is -2.03. The zero-order valence-corrected chi connectivity index (χ0v) is 15.8. The molecule has 0 amide bonds. The molecule has 0 aliphatic carbocycles. The molecule has 0 aromatic carbocycles. The summed E-state index contributed by atoms with van der Waals surface area (Å²) in [5.74, 6) is 0.709. The van der Waals surface area contributed by atoms with Crippen LogP contribution < -0.4 is 0 Å². The van der Waals surface area contributed by atoms with Crippen molar-refractivity contribution in [3.8, 4) is 0 Å². The molecule has 0 bridgehead atoms. The Bertz CT molecular complexity index is 275. The smallest absolute Gasteiger partial charge is 0.0904 e. The van der Waals surface area contributed by atoms with E-state index in [1.54, 1.807) is 0 Å². The molecule has 0 heterocycles. The lowest BCUT2D eigenvalue weighted by Crippen LogP contribution is -2.18. The van der Waals surface area contributed by atoms with E-state index in [0.29, 0.717) is 17.2 Å². The van der Waals surface area contributed by atoms with Gasteiger partial charge in [-0.3, -0.25) is 0 Å². The van der Waals surface area contributed by atoms with E-state index in [1.165, 1.54) is 44.9 Å². The van der Waals surface area contributed by atoms with E-state index in [-0.39, 0.29) is 0 Å². The van der Waals surface area contributed by atoms with E-state index in [2.05, 4.69) is 41.3 Å². The van der Waals surface area contributed by atoms with Crippen LogP contribution in [0.3, 0.4) is 0 Å².